The minimum absolute atomic E-state index is 0.0566. The standard InChI is InChI=1S/C14H19FN2OS/c1-10(17-6-2-3-7-17)9-16-14(18)12-8-11(19)4-5-13(12)15/h4-5,8,10,19H,2-3,6-7,9H2,1H3,(H,16,18). The van der Waals surface area contributed by atoms with Crippen molar-refractivity contribution in [3.8, 4) is 0 Å². The minimum atomic E-state index is -0.510. The Bertz CT molecular complexity index is 461. The second-order valence-electron chi connectivity index (χ2n) is 4.97. The lowest BCUT2D eigenvalue weighted by atomic mass is 10.2. The quantitative estimate of drug-likeness (QED) is 0.831. The van der Waals surface area contributed by atoms with Crippen LogP contribution in [0, 0.1) is 5.82 Å². The average Bonchev–Trinajstić information content (AvgIpc) is 2.92. The summed E-state index contributed by atoms with van der Waals surface area (Å²) in [6, 6.07) is 4.53. The molecule has 104 valence electrons. The minimum Gasteiger partial charge on any atom is -0.350 e. The third kappa shape index (κ3) is 3.70. The summed E-state index contributed by atoms with van der Waals surface area (Å²) in [6.45, 7) is 4.78. The highest BCUT2D eigenvalue weighted by Crippen LogP contribution is 2.14. The van der Waals surface area contributed by atoms with Gasteiger partial charge in [-0.25, -0.2) is 4.39 Å². The van der Waals surface area contributed by atoms with E-state index in [1.54, 1.807) is 0 Å². The molecule has 1 amide bonds. The largest absolute Gasteiger partial charge is 0.350 e. The second-order valence-corrected chi connectivity index (χ2v) is 5.48. The van der Waals surface area contributed by atoms with Gasteiger partial charge in [0, 0.05) is 17.5 Å². The molecule has 1 aliphatic rings. The third-order valence-corrected chi connectivity index (χ3v) is 3.79. The van der Waals surface area contributed by atoms with Crippen molar-refractivity contribution < 1.29 is 9.18 Å². The maximum atomic E-state index is 13.5. The van der Waals surface area contributed by atoms with Gasteiger partial charge in [0.25, 0.3) is 5.91 Å². The Hall–Kier alpha value is -1.07. The van der Waals surface area contributed by atoms with Crippen molar-refractivity contribution in [2.45, 2.75) is 30.7 Å². The first-order chi connectivity index (χ1) is 9.08. The number of likely N-dealkylation sites (tertiary alicyclic amines) is 1. The van der Waals surface area contributed by atoms with Gasteiger partial charge in [-0.2, -0.15) is 0 Å². The number of benzene rings is 1. The fourth-order valence-electron chi connectivity index (χ4n) is 2.33. The smallest absolute Gasteiger partial charge is 0.254 e. The van der Waals surface area contributed by atoms with Crippen LogP contribution in [0.25, 0.3) is 0 Å². The summed E-state index contributed by atoms with van der Waals surface area (Å²) in [7, 11) is 0. The van der Waals surface area contributed by atoms with E-state index >= 15 is 0 Å². The number of hydrogen-bond donors (Lipinski definition) is 2. The highest BCUT2D eigenvalue weighted by atomic mass is 32.1. The molecule has 0 bridgehead atoms. The summed E-state index contributed by atoms with van der Waals surface area (Å²) < 4.78 is 13.5. The monoisotopic (exact) mass is 282 g/mol. The van der Waals surface area contributed by atoms with Gasteiger partial charge in [-0.05, 0) is 51.1 Å². The average molecular weight is 282 g/mol. The van der Waals surface area contributed by atoms with Crippen LogP contribution >= 0.6 is 12.6 Å². The van der Waals surface area contributed by atoms with Crippen LogP contribution < -0.4 is 5.32 Å². The fourth-order valence-corrected chi connectivity index (χ4v) is 2.54. The molecular weight excluding hydrogens is 263 g/mol. The Kier molecular flexibility index (Phi) is 4.82. The number of thiol groups is 1. The number of rotatable bonds is 4. The second kappa shape index (κ2) is 6.39. The molecule has 2 rings (SSSR count). The molecule has 0 radical (unpaired) electrons. The summed E-state index contributed by atoms with van der Waals surface area (Å²) in [5.41, 5.74) is 0.0566. The molecule has 1 aromatic rings. The van der Waals surface area contributed by atoms with Crippen molar-refractivity contribution in [3.05, 3.63) is 29.6 Å². The van der Waals surface area contributed by atoms with Crippen molar-refractivity contribution in [2.24, 2.45) is 0 Å². The lowest BCUT2D eigenvalue weighted by molar-refractivity contribution is 0.0936. The maximum absolute atomic E-state index is 13.5. The van der Waals surface area contributed by atoms with Crippen LogP contribution in [0.3, 0.4) is 0 Å². The normalized spacial score (nSPS) is 17.4. The van der Waals surface area contributed by atoms with E-state index in [1.165, 1.54) is 31.0 Å². The molecule has 0 spiro atoms. The van der Waals surface area contributed by atoms with E-state index < -0.39 is 5.82 Å². The van der Waals surface area contributed by atoms with Gasteiger partial charge in [-0.1, -0.05) is 0 Å². The SMILES string of the molecule is CC(CNC(=O)c1cc(S)ccc1F)N1CCCC1. The zero-order valence-corrected chi connectivity index (χ0v) is 11.9. The van der Waals surface area contributed by atoms with E-state index in [0.29, 0.717) is 11.4 Å². The molecule has 0 aliphatic carbocycles. The molecule has 0 saturated carbocycles. The number of carbonyl (C=O) groups excluding carboxylic acids is 1. The summed E-state index contributed by atoms with van der Waals surface area (Å²) in [5, 5.41) is 2.79. The third-order valence-electron chi connectivity index (χ3n) is 3.52. The van der Waals surface area contributed by atoms with Gasteiger partial charge in [-0.15, -0.1) is 12.6 Å². The molecule has 1 aliphatic heterocycles. The molecule has 1 atom stereocenters. The van der Waals surface area contributed by atoms with Crippen LogP contribution in [-0.4, -0.2) is 36.5 Å². The van der Waals surface area contributed by atoms with Crippen molar-refractivity contribution in [1.82, 2.24) is 10.2 Å². The van der Waals surface area contributed by atoms with Gasteiger partial charge in [-0.3, -0.25) is 9.69 Å². The summed E-state index contributed by atoms with van der Waals surface area (Å²) >= 11 is 4.12. The predicted octanol–water partition coefficient (Wildman–Crippen LogP) is 2.33. The summed E-state index contributed by atoms with van der Waals surface area (Å²) in [4.78, 5) is 14.9. The molecule has 1 fully saturated rings. The van der Waals surface area contributed by atoms with Gasteiger partial charge >= 0.3 is 0 Å². The first-order valence-corrected chi connectivity index (χ1v) is 7.03. The summed E-state index contributed by atoms with van der Waals surface area (Å²) in [6.07, 6.45) is 2.43. The van der Waals surface area contributed by atoms with Crippen molar-refractivity contribution in [1.29, 1.82) is 0 Å². The van der Waals surface area contributed by atoms with Gasteiger partial charge < -0.3 is 5.32 Å². The molecule has 1 unspecified atom stereocenters. The Labute approximate surface area is 118 Å². The van der Waals surface area contributed by atoms with Crippen molar-refractivity contribution in [3.63, 3.8) is 0 Å². The van der Waals surface area contributed by atoms with Crippen LogP contribution in [0.2, 0.25) is 0 Å². The molecular formula is C14H19FN2OS. The first-order valence-electron chi connectivity index (χ1n) is 6.58. The van der Waals surface area contributed by atoms with Crippen LogP contribution in [0.4, 0.5) is 4.39 Å². The number of hydrogen-bond acceptors (Lipinski definition) is 3. The van der Waals surface area contributed by atoms with Crippen LogP contribution in [-0.2, 0) is 0 Å². The zero-order valence-electron chi connectivity index (χ0n) is 11.0. The number of nitrogens with one attached hydrogen (secondary N) is 1. The van der Waals surface area contributed by atoms with Crippen LogP contribution in [0.1, 0.15) is 30.1 Å². The molecule has 1 saturated heterocycles. The van der Waals surface area contributed by atoms with Crippen LogP contribution in [0.5, 0.6) is 0 Å². The topological polar surface area (TPSA) is 32.3 Å². The Morgan fingerprint density at radius 2 is 2.16 bits per heavy atom. The lowest BCUT2D eigenvalue weighted by Gasteiger charge is -2.23. The molecule has 3 nitrogen and oxygen atoms in total. The predicted molar refractivity (Wildman–Crippen MR) is 76.3 cm³/mol. The molecule has 1 heterocycles. The first kappa shape index (κ1) is 14.3. The van der Waals surface area contributed by atoms with Crippen LogP contribution in [0.15, 0.2) is 23.1 Å². The molecule has 1 N–H and O–H groups in total. The molecule has 1 aromatic carbocycles. The molecule has 0 aromatic heterocycles. The van der Waals surface area contributed by atoms with E-state index in [4.69, 9.17) is 0 Å². The van der Waals surface area contributed by atoms with Gasteiger partial charge in [0.2, 0.25) is 0 Å². The molecule has 5 heteroatoms. The number of carbonyl (C=O) groups is 1. The Balaban J connectivity index is 1.91. The van der Waals surface area contributed by atoms with E-state index in [-0.39, 0.29) is 17.5 Å². The van der Waals surface area contributed by atoms with Crippen molar-refractivity contribution >= 4 is 18.5 Å². The van der Waals surface area contributed by atoms with Gasteiger partial charge in [0.1, 0.15) is 5.82 Å². The van der Waals surface area contributed by atoms with E-state index in [2.05, 4.69) is 29.8 Å². The highest BCUT2D eigenvalue weighted by Gasteiger charge is 2.19. The van der Waals surface area contributed by atoms with Gasteiger partial charge in [0.15, 0.2) is 0 Å². The number of nitrogens with zero attached hydrogens (tertiary/aromatic N) is 1. The maximum Gasteiger partial charge on any atom is 0.254 e. The van der Waals surface area contributed by atoms with Crippen molar-refractivity contribution in [2.75, 3.05) is 19.6 Å². The van der Waals surface area contributed by atoms with E-state index in [0.717, 1.165) is 13.1 Å². The highest BCUT2D eigenvalue weighted by molar-refractivity contribution is 7.80. The van der Waals surface area contributed by atoms with Gasteiger partial charge in [0.05, 0.1) is 5.56 Å². The van der Waals surface area contributed by atoms with E-state index in [9.17, 15) is 9.18 Å². The lowest BCUT2D eigenvalue weighted by Crippen LogP contribution is -2.40. The molecule has 19 heavy (non-hydrogen) atoms. The fraction of sp³-hybridized carbons (Fsp3) is 0.500. The Morgan fingerprint density at radius 3 is 2.84 bits per heavy atom. The number of amides is 1. The van der Waals surface area contributed by atoms with E-state index in [1.807, 2.05) is 0 Å². The Morgan fingerprint density at radius 1 is 1.47 bits per heavy atom. The number of halogens is 1. The summed E-state index contributed by atoms with van der Waals surface area (Å²) in [5.74, 6) is -0.886. The zero-order chi connectivity index (χ0) is 13.8.